The summed E-state index contributed by atoms with van der Waals surface area (Å²) in [6, 6.07) is 14.0. The van der Waals surface area contributed by atoms with Gasteiger partial charge in [0.15, 0.2) is 5.13 Å². The zero-order chi connectivity index (χ0) is 15.6. The number of carbonyl (C=O) groups excluding carboxylic acids is 1. The zero-order valence-electron chi connectivity index (χ0n) is 12.3. The van der Waals surface area contributed by atoms with E-state index in [1.807, 2.05) is 35.7 Å². The lowest BCUT2D eigenvalue weighted by molar-refractivity contribution is -0.117. The normalized spacial score (nSPS) is 19.3. The highest BCUT2D eigenvalue weighted by atomic mass is 32.1. The van der Waals surface area contributed by atoms with Crippen LogP contribution in [0.3, 0.4) is 0 Å². The van der Waals surface area contributed by atoms with Crippen LogP contribution in [-0.2, 0) is 4.79 Å². The summed E-state index contributed by atoms with van der Waals surface area (Å²) in [4.78, 5) is 20.9. The Balaban J connectivity index is 1.42. The van der Waals surface area contributed by atoms with Crippen LogP contribution in [0.4, 0.5) is 5.13 Å². The molecule has 0 aliphatic heterocycles. The average molecular weight is 321 g/mol. The molecule has 1 N–H and O–H groups in total. The first-order chi connectivity index (χ1) is 11.3. The summed E-state index contributed by atoms with van der Waals surface area (Å²) in [5.41, 5.74) is 3.04. The molecule has 0 radical (unpaired) electrons. The summed E-state index contributed by atoms with van der Waals surface area (Å²) in [6.07, 6.45) is 4.42. The molecule has 2 heterocycles. The highest BCUT2D eigenvalue weighted by molar-refractivity contribution is 7.14. The Labute approximate surface area is 138 Å². The van der Waals surface area contributed by atoms with Gasteiger partial charge in [-0.3, -0.25) is 9.78 Å². The number of carbonyl (C=O) groups is 1. The molecule has 0 spiro atoms. The van der Waals surface area contributed by atoms with E-state index in [0.717, 1.165) is 17.7 Å². The minimum atomic E-state index is 0.0585. The Kier molecular flexibility index (Phi) is 3.63. The van der Waals surface area contributed by atoms with Gasteiger partial charge in [-0.05, 0) is 30.0 Å². The maximum atomic E-state index is 12.3. The molecule has 1 aliphatic rings. The Hall–Kier alpha value is -2.53. The standard InChI is InChI=1S/C18H15N3OS/c22-17(15-9-14(15)12-5-2-1-3-6-12)21-18-20-16(11-23-18)13-7-4-8-19-10-13/h1-8,10-11,14-15H,9H2,(H,20,21,22)/t14-,15+/m1/s1. The minimum absolute atomic E-state index is 0.0585. The Morgan fingerprint density at radius 2 is 2.04 bits per heavy atom. The van der Waals surface area contributed by atoms with Gasteiger partial charge in [0.05, 0.1) is 5.69 Å². The summed E-state index contributed by atoms with van der Waals surface area (Å²) in [6.45, 7) is 0. The number of thiazole rings is 1. The monoisotopic (exact) mass is 321 g/mol. The van der Waals surface area contributed by atoms with Crippen molar-refractivity contribution in [3.63, 3.8) is 0 Å². The number of pyridine rings is 1. The molecule has 1 amide bonds. The van der Waals surface area contributed by atoms with Crippen molar-refractivity contribution in [1.82, 2.24) is 9.97 Å². The molecular formula is C18H15N3OS. The molecule has 4 rings (SSSR count). The fraction of sp³-hybridized carbons (Fsp3) is 0.167. The second-order valence-electron chi connectivity index (χ2n) is 5.63. The van der Waals surface area contributed by atoms with Crippen LogP contribution >= 0.6 is 11.3 Å². The van der Waals surface area contributed by atoms with Gasteiger partial charge in [-0.15, -0.1) is 11.3 Å². The first kappa shape index (κ1) is 14.1. The first-order valence-electron chi connectivity index (χ1n) is 7.53. The molecule has 4 nitrogen and oxygen atoms in total. The Morgan fingerprint density at radius 1 is 1.17 bits per heavy atom. The highest BCUT2D eigenvalue weighted by Gasteiger charge is 2.44. The predicted octanol–water partition coefficient (Wildman–Crippen LogP) is 3.95. The smallest absolute Gasteiger partial charge is 0.229 e. The summed E-state index contributed by atoms with van der Waals surface area (Å²) in [7, 11) is 0. The lowest BCUT2D eigenvalue weighted by atomic mass is 10.1. The SMILES string of the molecule is O=C(Nc1nc(-c2cccnc2)cs1)[C@H]1C[C@@H]1c1ccccc1. The molecule has 3 aromatic rings. The van der Waals surface area contributed by atoms with Gasteiger partial charge in [-0.1, -0.05) is 30.3 Å². The fourth-order valence-electron chi connectivity index (χ4n) is 2.73. The number of hydrogen-bond acceptors (Lipinski definition) is 4. The number of nitrogens with one attached hydrogen (secondary N) is 1. The largest absolute Gasteiger partial charge is 0.302 e. The molecule has 2 aromatic heterocycles. The Bertz CT molecular complexity index is 817. The number of anilines is 1. The third-order valence-corrected chi connectivity index (χ3v) is 4.80. The van der Waals surface area contributed by atoms with Gasteiger partial charge < -0.3 is 5.32 Å². The molecule has 1 aliphatic carbocycles. The van der Waals surface area contributed by atoms with Gasteiger partial charge in [-0.2, -0.15) is 0 Å². The summed E-state index contributed by atoms with van der Waals surface area (Å²) >= 11 is 1.44. The maximum absolute atomic E-state index is 12.3. The van der Waals surface area contributed by atoms with E-state index < -0.39 is 0 Å². The molecule has 0 saturated heterocycles. The quantitative estimate of drug-likeness (QED) is 0.791. The second-order valence-corrected chi connectivity index (χ2v) is 6.49. The van der Waals surface area contributed by atoms with Crippen molar-refractivity contribution in [1.29, 1.82) is 0 Å². The molecule has 0 unspecified atom stereocenters. The van der Waals surface area contributed by atoms with Crippen LogP contribution in [-0.4, -0.2) is 15.9 Å². The van der Waals surface area contributed by atoms with Crippen LogP contribution in [0.25, 0.3) is 11.3 Å². The molecule has 0 bridgehead atoms. The van der Waals surface area contributed by atoms with Gasteiger partial charge >= 0.3 is 0 Å². The van der Waals surface area contributed by atoms with Crippen molar-refractivity contribution >= 4 is 22.4 Å². The van der Waals surface area contributed by atoms with Crippen LogP contribution < -0.4 is 5.32 Å². The van der Waals surface area contributed by atoms with Crippen molar-refractivity contribution in [2.45, 2.75) is 12.3 Å². The molecule has 1 fully saturated rings. The molecule has 5 heteroatoms. The molecule has 1 saturated carbocycles. The zero-order valence-corrected chi connectivity index (χ0v) is 13.2. The van der Waals surface area contributed by atoms with Gasteiger partial charge in [0.1, 0.15) is 0 Å². The molecular weight excluding hydrogens is 306 g/mol. The third-order valence-electron chi connectivity index (χ3n) is 4.05. The molecule has 1 aromatic carbocycles. The van der Waals surface area contributed by atoms with Crippen molar-refractivity contribution in [3.05, 3.63) is 65.8 Å². The van der Waals surface area contributed by atoms with Gasteiger partial charge in [0.25, 0.3) is 0 Å². The van der Waals surface area contributed by atoms with Crippen molar-refractivity contribution in [2.75, 3.05) is 5.32 Å². The lowest BCUT2D eigenvalue weighted by Gasteiger charge is -2.01. The summed E-state index contributed by atoms with van der Waals surface area (Å²) in [5.74, 6) is 0.461. The van der Waals surface area contributed by atoms with Crippen LogP contribution in [0, 0.1) is 5.92 Å². The first-order valence-corrected chi connectivity index (χ1v) is 8.41. The topological polar surface area (TPSA) is 54.9 Å². The van der Waals surface area contributed by atoms with Crippen LogP contribution in [0.2, 0.25) is 0 Å². The van der Waals surface area contributed by atoms with E-state index in [0.29, 0.717) is 11.0 Å². The van der Waals surface area contributed by atoms with Crippen LogP contribution in [0.15, 0.2) is 60.2 Å². The third kappa shape index (κ3) is 3.00. The predicted molar refractivity (Wildman–Crippen MR) is 91.3 cm³/mol. The maximum Gasteiger partial charge on any atom is 0.229 e. The number of benzene rings is 1. The van der Waals surface area contributed by atoms with Gasteiger partial charge in [0, 0.05) is 29.3 Å². The van der Waals surface area contributed by atoms with E-state index >= 15 is 0 Å². The van der Waals surface area contributed by atoms with E-state index in [1.165, 1.54) is 16.9 Å². The van der Waals surface area contributed by atoms with E-state index in [-0.39, 0.29) is 11.8 Å². The van der Waals surface area contributed by atoms with Crippen molar-refractivity contribution < 1.29 is 4.79 Å². The number of amides is 1. The average Bonchev–Trinajstić information content (AvgIpc) is 3.29. The van der Waals surface area contributed by atoms with E-state index in [9.17, 15) is 4.79 Å². The molecule has 2 atom stereocenters. The van der Waals surface area contributed by atoms with E-state index in [4.69, 9.17) is 0 Å². The van der Waals surface area contributed by atoms with Crippen LogP contribution in [0.5, 0.6) is 0 Å². The highest BCUT2D eigenvalue weighted by Crippen LogP contribution is 2.48. The number of aromatic nitrogens is 2. The number of rotatable bonds is 4. The fourth-order valence-corrected chi connectivity index (χ4v) is 3.45. The minimum Gasteiger partial charge on any atom is -0.302 e. The number of nitrogens with zero attached hydrogens (tertiary/aromatic N) is 2. The van der Waals surface area contributed by atoms with Gasteiger partial charge in [0.2, 0.25) is 5.91 Å². The molecule has 23 heavy (non-hydrogen) atoms. The Morgan fingerprint density at radius 3 is 2.83 bits per heavy atom. The van der Waals surface area contributed by atoms with Crippen molar-refractivity contribution in [3.8, 4) is 11.3 Å². The van der Waals surface area contributed by atoms with Crippen molar-refractivity contribution in [2.24, 2.45) is 5.92 Å². The summed E-state index contributed by atoms with van der Waals surface area (Å²) < 4.78 is 0. The second kappa shape index (κ2) is 5.93. The number of hydrogen-bond donors (Lipinski definition) is 1. The van der Waals surface area contributed by atoms with Gasteiger partial charge in [-0.25, -0.2) is 4.98 Å². The van der Waals surface area contributed by atoms with E-state index in [1.54, 1.807) is 12.4 Å². The van der Waals surface area contributed by atoms with E-state index in [2.05, 4.69) is 27.4 Å². The lowest BCUT2D eigenvalue weighted by Crippen LogP contribution is -2.14. The summed E-state index contributed by atoms with van der Waals surface area (Å²) in [5, 5.41) is 5.53. The molecule has 114 valence electrons. The van der Waals surface area contributed by atoms with Crippen LogP contribution in [0.1, 0.15) is 17.9 Å².